The lowest BCUT2D eigenvalue weighted by molar-refractivity contribution is 0.142. The zero-order valence-corrected chi connectivity index (χ0v) is 12.1. The van der Waals surface area contributed by atoms with E-state index >= 15 is 0 Å². The molecule has 1 N–H and O–H groups in total. The highest BCUT2D eigenvalue weighted by atomic mass is 16.7. The van der Waals surface area contributed by atoms with Gasteiger partial charge in [0, 0.05) is 11.8 Å². The van der Waals surface area contributed by atoms with Gasteiger partial charge in [0.15, 0.2) is 0 Å². The molecular formula is C17H19NO3. The number of nitrogens with zero attached hydrogens (tertiary/aromatic N) is 1. The van der Waals surface area contributed by atoms with Crippen molar-refractivity contribution in [3.63, 3.8) is 0 Å². The van der Waals surface area contributed by atoms with Crippen LogP contribution in [-0.4, -0.2) is 16.2 Å². The van der Waals surface area contributed by atoms with Crippen LogP contribution in [0.15, 0.2) is 42.6 Å². The first-order valence-corrected chi connectivity index (χ1v) is 7.06. The summed E-state index contributed by atoms with van der Waals surface area (Å²) in [6.07, 6.45) is 4.02. The Labute approximate surface area is 124 Å². The van der Waals surface area contributed by atoms with Gasteiger partial charge in [0.05, 0.1) is 0 Å². The molecule has 0 amide bonds. The molecule has 0 radical (unpaired) electrons. The van der Waals surface area contributed by atoms with E-state index < -0.39 is 6.16 Å². The second-order valence-corrected chi connectivity index (χ2v) is 4.97. The van der Waals surface area contributed by atoms with Crippen molar-refractivity contribution in [3.8, 4) is 5.88 Å². The van der Waals surface area contributed by atoms with E-state index in [1.165, 1.54) is 17.3 Å². The van der Waals surface area contributed by atoms with E-state index in [0.29, 0.717) is 0 Å². The second-order valence-electron chi connectivity index (χ2n) is 4.97. The molecule has 2 aromatic rings. The van der Waals surface area contributed by atoms with Crippen LogP contribution in [-0.2, 0) is 12.8 Å². The number of carboxylic acid groups (broad SMARTS) is 1. The minimum absolute atomic E-state index is 0.195. The predicted octanol–water partition coefficient (Wildman–Crippen LogP) is 4.01. The SMILES string of the molecule is Cc1ccccc1CCCCc1cccnc1OC(=O)O. The second kappa shape index (κ2) is 7.43. The van der Waals surface area contributed by atoms with Gasteiger partial charge in [0.1, 0.15) is 0 Å². The summed E-state index contributed by atoms with van der Waals surface area (Å²) >= 11 is 0. The Morgan fingerprint density at radius 3 is 2.48 bits per heavy atom. The number of rotatable bonds is 6. The fourth-order valence-corrected chi connectivity index (χ4v) is 2.31. The van der Waals surface area contributed by atoms with E-state index in [1.807, 2.05) is 12.1 Å². The normalized spacial score (nSPS) is 10.3. The number of hydrogen-bond donors (Lipinski definition) is 1. The summed E-state index contributed by atoms with van der Waals surface area (Å²) in [7, 11) is 0. The number of pyridine rings is 1. The van der Waals surface area contributed by atoms with E-state index in [0.717, 1.165) is 31.2 Å². The lowest BCUT2D eigenvalue weighted by atomic mass is 10.0. The third-order valence-corrected chi connectivity index (χ3v) is 3.44. The van der Waals surface area contributed by atoms with Crippen molar-refractivity contribution >= 4 is 6.16 Å². The molecule has 0 saturated carbocycles. The highest BCUT2D eigenvalue weighted by Crippen LogP contribution is 2.18. The average molecular weight is 285 g/mol. The van der Waals surface area contributed by atoms with Crippen LogP contribution in [0, 0.1) is 6.92 Å². The van der Waals surface area contributed by atoms with Crippen LogP contribution < -0.4 is 4.74 Å². The summed E-state index contributed by atoms with van der Waals surface area (Å²) in [5.74, 6) is 0.195. The summed E-state index contributed by atoms with van der Waals surface area (Å²) in [6.45, 7) is 2.12. The van der Waals surface area contributed by atoms with Gasteiger partial charge in [0.2, 0.25) is 5.88 Å². The lowest BCUT2D eigenvalue weighted by Gasteiger charge is -2.07. The monoisotopic (exact) mass is 285 g/mol. The molecule has 0 aliphatic rings. The molecule has 0 bridgehead atoms. The van der Waals surface area contributed by atoms with Crippen molar-refractivity contribution in [1.82, 2.24) is 4.98 Å². The minimum atomic E-state index is -1.32. The average Bonchev–Trinajstić information content (AvgIpc) is 2.46. The molecule has 0 fully saturated rings. The van der Waals surface area contributed by atoms with Gasteiger partial charge in [-0.2, -0.15) is 0 Å². The van der Waals surface area contributed by atoms with E-state index in [1.54, 1.807) is 6.07 Å². The molecule has 2 rings (SSSR count). The Hall–Kier alpha value is -2.36. The van der Waals surface area contributed by atoms with Crippen LogP contribution in [0.3, 0.4) is 0 Å². The Balaban J connectivity index is 1.86. The molecule has 1 aromatic carbocycles. The first-order valence-electron chi connectivity index (χ1n) is 7.06. The maximum absolute atomic E-state index is 10.6. The summed E-state index contributed by atoms with van der Waals surface area (Å²) in [5, 5.41) is 8.68. The summed E-state index contributed by atoms with van der Waals surface area (Å²) < 4.78 is 4.69. The number of aromatic nitrogens is 1. The zero-order chi connectivity index (χ0) is 15.1. The third kappa shape index (κ3) is 4.60. The number of unbranched alkanes of at least 4 members (excludes halogenated alkanes) is 1. The van der Waals surface area contributed by atoms with Gasteiger partial charge in [-0.3, -0.25) is 0 Å². The number of ether oxygens (including phenoxy) is 1. The Bertz CT molecular complexity index is 610. The van der Waals surface area contributed by atoms with Gasteiger partial charge in [-0.15, -0.1) is 0 Å². The smallest absolute Gasteiger partial charge is 0.449 e. The van der Waals surface area contributed by atoms with Crippen LogP contribution in [0.1, 0.15) is 29.5 Å². The Morgan fingerprint density at radius 1 is 1.10 bits per heavy atom. The quantitative estimate of drug-likeness (QED) is 0.643. The van der Waals surface area contributed by atoms with Crippen molar-refractivity contribution in [3.05, 3.63) is 59.3 Å². The first kappa shape index (κ1) is 15.0. The summed E-state index contributed by atoms with van der Waals surface area (Å²) in [5.41, 5.74) is 3.52. The molecule has 110 valence electrons. The fourth-order valence-electron chi connectivity index (χ4n) is 2.31. The van der Waals surface area contributed by atoms with Gasteiger partial charge in [-0.25, -0.2) is 9.78 Å². The standard InChI is InChI=1S/C17H19NO3/c1-13-7-2-3-8-14(13)9-4-5-10-15-11-6-12-18-16(15)21-17(19)20/h2-3,6-8,11-12H,4-5,9-10H2,1H3,(H,19,20). The van der Waals surface area contributed by atoms with Crippen molar-refractivity contribution in [2.75, 3.05) is 0 Å². The zero-order valence-electron chi connectivity index (χ0n) is 12.1. The molecule has 21 heavy (non-hydrogen) atoms. The Morgan fingerprint density at radius 2 is 1.76 bits per heavy atom. The lowest BCUT2D eigenvalue weighted by Crippen LogP contribution is -2.07. The molecule has 0 saturated heterocycles. The number of aryl methyl sites for hydroxylation is 3. The first-order chi connectivity index (χ1) is 10.2. The largest absolute Gasteiger partial charge is 0.512 e. The van der Waals surface area contributed by atoms with E-state index in [9.17, 15) is 4.79 Å². The molecule has 1 aromatic heterocycles. The number of carbonyl (C=O) groups is 1. The maximum atomic E-state index is 10.6. The van der Waals surface area contributed by atoms with Crippen molar-refractivity contribution in [1.29, 1.82) is 0 Å². The summed E-state index contributed by atoms with van der Waals surface area (Å²) in [4.78, 5) is 14.6. The molecule has 0 unspecified atom stereocenters. The fraction of sp³-hybridized carbons (Fsp3) is 0.294. The van der Waals surface area contributed by atoms with Crippen LogP contribution in [0.4, 0.5) is 4.79 Å². The molecule has 4 heteroatoms. The Kier molecular flexibility index (Phi) is 5.32. The highest BCUT2D eigenvalue weighted by molar-refractivity contribution is 5.60. The minimum Gasteiger partial charge on any atom is -0.449 e. The molecule has 0 aliphatic carbocycles. The van der Waals surface area contributed by atoms with Gasteiger partial charge >= 0.3 is 6.16 Å². The molecule has 1 heterocycles. The van der Waals surface area contributed by atoms with Gasteiger partial charge in [-0.1, -0.05) is 30.3 Å². The highest BCUT2D eigenvalue weighted by Gasteiger charge is 2.08. The van der Waals surface area contributed by atoms with Crippen LogP contribution in [0.25, 0.3) is 0 Å². The molecule has 0 aliphatic heterocycles. The topological polar surface area (TPSA) is 59.4 Å². The number of hydrogen-bond acceptors (Lipinski definition) is 3. The predicted molar refractivity (Wildman–Crippen MR) is 80.7 cm³/mol. The molecular weight excluding hydrogens is 266 g/mol. The van der Waals surface area contributed by atoms with Crippen molar-refractivity contribution < 1.29 is 14.6 Å². The molecule has 0 atom stereocenters. The molecule has 4 nitrogen and oxygen atoms in total. The molecule has 0 spiro atoms. The third-order valence-electron chi connectivity index (χ3n) is 3.44. The van der Waals surface area contributed by atoms with Gasteiger partial charge in [0.25, 0.3) is 0 Å². The van der Waals surface area contributed by atoms with Crippen molar-refractivity contribution in [2.24, 2.45) is 0 Å². The van der Waals surface area contributed by atoms with E-state index in [4.69, 9.17) is 5.11 Å². The van der Waals surface area contributed by atoms with Crippen LogP contribution >= 0.6 is 0 Å². The van der Waals surface area contributed by atoms with Gasteiger partial charge in [-0.05, 0) is 49.8 Å². The summed E-state index contributed by atoms with van der Waals surface area (Å²) in [6, 6.07) is 12.0. The van der Waals surface area contributed by atoms with Crippen LogP contribution in [0.2, 0.25) is 0 Å². The number of benzene rings is 1. The van der Waals surface area contributed by atoms with Crippen molar-refractivity contribution in [2.45, 2.75) is 32.6 Å². The van der Waals surface area contributed by atoms with E-state index in [2.05, 4.69) is 34.8 Å². The maximum Gasteiger partial charge on any atom is 0.512 e. The van der Waals surface area contributed by atoms with E-state index in [-0.39, 0.29) is 5.88 Å². The van der Waals surface area contributed by atoms with Gasteiger partial charge < -0.3 is 9.84 Å². The van der Waals surface area contributed by atoms with Crippen LogP contribution in [0.5, 0.6) is 5.88 Å².